The summed E-state index contributed by atoms with van der Waals surface area (Å²) in [7, 11) is 5.15. The normalized spacial score (nSPS) is 11.0. The van der Waals surface area contributed by atoms with Crippen LogP contribution in [-0.4, -0.2) is 33.6 Å². The molecule has 6 nitrogen and oxygen atoms in total. The third-order valence-corrected chi connectivity index (χ3v) is 3.75. The number of nitrogens with zero attached hydrogens (tertiary/aromatic N) is 3. The number of H-pyrrole nitrogens is 1. The van der Waals surface area contributed by atoms with Crippen molar-refractivity contribution in [3.63, 3.8) is 0 Å². The fourth-order valence-electron chi connectivity index (χ4n) is 2.50. The van der Waals surface area contributed by atoms with Crippen LogP contribution in [0.5, 0.6) is 11.5 Å². The summed E-state index contributed by atoms with van der Waals surface area (Å²) >= 11 is 5.46. The molecule has 2 aromatic heterocycles. The molecule has 110 valence electrons. The first kappa shape index (κ1) is 13.7. The van der Waals surface area contributed by atoms with Gasteiger partial charge in [-0.15, -0.1) is 0 Å². The topological polar surface area (TPSA) is 57.0 Å². The van der Waals surface area contributed by atoms with E-state index in [1.807, 2.05) is 36.7 Å². The quantitative estimate of drug-likeness (QED) is 0.756. The average molecular weight is 304 g/mol. The van der Waals surface area contributed by atoms with Crippen LogP contribution in [0.3, 0.4) is 0 Å². The van der Waals surface area contributed by atoms with Crippen LogP contribution in [0, 0.1) is 11.7 Å². The summed E-state index contributed by atoms with van der Waals surface area (Å²) in [5.74, 6) is 1.45. The van der Waals surface area contributed by atoms with E-state index in [1.165, 1.54) is 0 Å². The number of hydrogen-bond acceptors (Lipinski definition) is 4. The molecular formula is C14H16N4O2S. The summed E-state index contributed by atoms with van der Waals surface area (Å²) in [6.45, 7) is 1.95. The number of ether oxygens (including phenoxy) is 2. The molecule has 0 saturated carbocycles. The van der Waals surface area contributed by atoms with Crippen molar-refractivity contribution in [3.05, 3.63) is 28.7 Å². The molecule has 2 heterocycles. The van der Waals surface area contributed by atoms with Crippen molar-refractivity contribution < 1.29 is 9.47 Å². The number of aromatic nitrogens is 4. The minimum atomic E-state index is 0.590. The highest BCUT2D eigenvalue weighted by atomic mass is 32.1. The number of aromatic amines is 1. The van der Waals surface area contributed by atoms with Gasteiger partial charge in [-0.3, -0.25) is 4.57 Å². The molecule has 0 aliphatic rings. The van der Waals surface area contributed by atoms with E-state index in [-0.39, 0.29) is 0 Å². The monoisotopic (exact) mass is 304 g/mol. The van der Waals surface area contributed by atoms with E-state index < -0.39 is 0 Å². The molecule has 0 unspecified atom stereocenters. The molecule has 1 N–H and O–H groups in total. The van der Waals surface area contributed by atoms with Crippen LogP contribution in [-0.2, 0) is 7.05 Å². The van der Waals surface area contributed by atoms with Gasteiger partial charge < -0.3 is 14.5 Å². The van der Waals surface area contributed by atoms with Gasteiger partial charge in [0.1, 0.15) is 17.0 Å². The molecule has 0 atom stereocenters. The predicted molar refractivity (Wildman–Crippen MR) is 83.1 cm³/mol. The van der Waals surface area contributed by atoms with Gasteiger partial charge in [-0.2, -0.15) is 5.10 Å². The Hall–Kier alpha value is -2.28. The number of benzene rings is 1. The Kier molecular flexibility index (Phi) is 3.21. The molecule has 0 aliphatic carbocycles. The molecule has 0 spiro atoms. The average Bonchev–Trinajstić information content (AvgIpc) is 2.95. The van der Waals surface area contributed by atoms with Crippen LogP contribution in [0.25, 0.3) is 16.9 Å². The van der Waals surface area contributed by atoms with Crippen molar-refractivity contribution in [2.45, 2.75) is 6.92 Å². The lowest BCUT2D eigenvalue weighted by Gasteiger charge is -2.12. The highest BCUT2D eigenvalue weighted by Gasteiger charge is 2.17. The smallest absolute Gasteiger partial charge is 0.184 e. The molecule has 0 bridgehead atoms. The molecule has 0 aliphatic heterocycles. The lowest BCUT2D eigenvalue weighted by Crippen LogP contribution is -2.03. The van der Waals surface area contributed by atoms with Crippen LogP contribution in [0.15, 0.2) is 18.2 Å². The van der Waals surface area contributed by atoms with Crippen LogP contribution in [0.2, 0.25) is 0 Å². The van der Waals surface area contributed by atoms with Gasteiger partial charge in [0, 0.05) is 13.1 Å². The highest BCUT2D eigenvalue weighted by Crippen LogP contribution is 2.31. The van der Waals surface area contributed by atoms with Crippen LogP contribution < -0.4 is 9.47 Å². The molecule has 0 fully saturated rings. The standard InChI is InChI=1S/C14H16N4O2S/c1-8-12-13(17(2)16-8)18(14(21)15-12)10-7-9(19-3)5-6-11(10)20-4/h5-7H,1-4H3,(H,15,21). The third-order valence-electron chi connectivity index (χ3n) is 3.47. The van der Waals surface area contributed by atoms with E-state index in [9.17, 15) is 0 Å². The molecule has 0 radical (unpaired) electrons. The molecule has 0 saturated heterocycles. The van der Waals surface area contributed by atoms with Crippen molar-refractivity contribution in [1.82, 2.24) is 19.3 Å². The number of fused-ring (bicyclic) bond motifs is 1. The maximum Gasteiger partial charge on any atom is 0.184 e. The Morgan fingerprint density at radius 3 is 2.67 bits per heavy atom. The van der Waals surface area contributed by atoms with E-state index in [0.29, 0.717) is 10.5 Å². The van der Waals surface area contributed by atoms with Crippen molar-refractivity contribution in [1.29, 1.82) is 0 Å². The van der Waals surface area contributed by atoms with Gasteiger partial charge in [0.2, 0.25) is 0 Å². The number of rotatable bonds is 3. The highest BCUT2D eigenvalue weighted by molar-refractivity contribution is 7.71. The number of nitrogens with one attached hydrogen (secondary N) is 1. The van der Waals surface area contributed by atoms with Crippen molar-refractivity contribution in [2.24, 2.45) is 7.05 Å². The summed E-state index contributed by atoms with van der Waals surface area (Å²) < 4.78 is 15.1. The largest absolute Gasteiger partial charge is 0.497 e. The lowest BCUT2D eigenvalue weighted by atomic mass is 10.2. The minimum Gasteiger partial charge on any atom is -0.497 e. The molecule has 7 heteroatoms. The fraction of sp³-hybridized carbons (Fsp3) is 0.286. The summed E-state index contributed by atoms with van der Waals surface area (Å²) in [4.78, 5) is 3.20. The molecule has 21 heavy (non-hydrogen) atoms. The maximum absolute atomic E-state index is 5.46. The first-order chi connectivity index (χ1) is 10.1. The molecule has 3 rings (SSSR count). The van der Waals surface area contributed by atoms with E-state index in [1.54, 1.807) is 18.9 Å². The zero-order valence-corrected chi connectivity index (χ0v) is 13.1. The molecule has 0 amide bonds. The van der Waals surface area contributed by atoms with Gasteiger partial charge >= 0.3 is 0 Å². The van der Waals surface area contributed by atoms with Crippen LogP contribution in [0.1, 0.15) is 5.69 Å². The van der Waals surface area contributed by atoms with E-state index in [0.717, 1.165) is 28.3 Å². The zero-order chi connectivity index (χ0) is 15.1. The first-order valence-electron chi connectivity index (χ1n) is 6.43. The Labute approximate surface area is 126 Å². The predicted octanol–water partition coefficient (Wildman–Crippen LogP) is 2.75. The van der Waals surface area contributed by atoms with Gasteiger partial charge in [-0.25, -0.2) is 4.68 Å². The summed E-state index contributed by atoms with van der Waals surface area (Å²) in [6, 6.07) is 5.60. The van der Waals surface area contributed by atoms with Gasteiger partial charge in [0.25, 0.3) is 0 Å². The summed E-state index contributed by atoms with van der Waals surface area (Å²) in [5, 5.41) is 4.42. The second-order valence-electron chi connectivity index (χ2n) is 4.71. The first-order valence-corrected chi connectivity index (χ1v) is 6.84. The maximum atomic E-state index is 5.46. The number of methoxy groups -OCH3 is 2. The number of hydrogen-bond donors (Lipinski definition) is 1. The van der Waals surface area contributed by atoms with E-state index >= 15 is 0 Å². The molecule has 3 aromatic rings. The molecular weight excluding hydrogens is 288 g/mol. The van der Waals surface area contributed by atoms with Crippen molar-refractivity contribution >= 4 is 23.4 Å². The van der Waals surface area contributed by atoms with Crippen molar-refractivity contribution in [2.75, 3.05) is 14.2 Å². The van der Waals surface area contributed by atoms with Gasteiger partial charge in [-0.1, -0.05) is 0 Å². The van der Waals surface area contributed by atoms with Crippen molar-refractivity contribution in [3.8, 4) is 17.2 Å². The number of imidazole rings is 1. The zero-order valence-electron chi connectivity index (χ0n) is 12.3. The Morgan fingerprint density at radius 1 is 1.24 bits per heavy atom. The Balaban J connectivity index is 2.39. The van der Waals surface area contributed by atoms with E-state index in [2.05, 4.69) is 10.1 Å². The van der Waals surface area contributed by atoms with Crippen LogP contribution in [0.4, 0.5) is 0 Å². The van der Waals surface area contributed by atoms with Gasteiger partial charge in [0.15, 0.2) is 10.4 Å². The third kappa shape index (κ3) is 2.01. The minimum absolute atomic E-state index is 0.590. The second-order valence-corrected chi connectivity index (χ2v) is 5.10. The van der Waals surface area contributed by atoms with E-state index in [4.69, 9.17) is 21.7 Å². The molecule has 1 aromatic carbocycles. The Bertz CT molecular complexity index is 875. The fourth-order valence-corrected chi connectivity index (χ4v) is 2.79. The SMILES string of the molecule is COc1ccc(OC)c(-n2c(=S)[nH]c3c(C)nn(C)c32)c1. The summed E-state index contributed by atoms with van der Waals surface area (Å²) in [6.07, 6.45) is 0. The summed E-state index contributed by atoms with van der Waals surface area (Å²) in [5.41, 5.74) is 3.53. The second kappa shape index (κ2) is 4.92. The lowest BCUT2D eigenvalue weighted by molar-refractivity contribution is 0.401. The number of aryl methyl sites for hydroxylation is 2. The Morgan fingerprint density at radius 2 is 2.00 bits per heavy atom. The van der Waals surface area contributed by atoms with Crippen LogP contribution >= 0.6 is 12.2 Å². The van der Waals surface area contributed by atoms with Gasteiger partial charge in [-0.05, 0) is 31.3 Å². The van der Waals surface area contributed by atoms with Gasteiger partial charge in [0.05, 0.1) is 25.6 Å².